The summed E-state index contributed by atoms with van der Waals surface area (Å²) in [6.07, 6.45) is 1.96. The molecular weight excluding hydrogens is 349 g/mol. The third-order valence-corrected chi connectivity index (χ3v) is 10.1. The summed E-state index contributed by atoms with van der Waals surface area (Å²) in [6, 6.07) is 32.3. The zero-order chi connectivity index (χ0) is 19.2. The monoisotopic (exact) mass is 377 g/mol. The summed E-state index contributed by atoms with van der Waals surface area (Å²) in [5, 5.41) is 3.98. The zero-order valence-corrected chi connectivity index (χ0v) is 17.1. The smallest absolute Gasteiger partial charge is 0.234 e. The lowest BCUT2D eigenvalue weighted by molar-refractivity contribution is -0.829. The van der Waals surface area contributed by atoms with Crippen molar-refractivity contribution in [2.45, 2.75) is 13.8 Å². The van der Waals surface area contributed by atoms with Crippen LogP contribution in [0, 0.1) is 0 Å². The van der Waals surface area contributed by atoms with Gasteiger partial charge in [-0.1, -0.05) is 54.6 Å². The van der Waals surface area contributed by atoms with Gasteiger partial charge in [-0.2, -0.15) is 0 Å². The molecule has 2 nitrogen and oxygen atoms in total. The van der Waals surface area contributed by atoms with Gasteiger partial charge in [0.1, 0.15) is 15.9 Å². The third kappa shape index (κ3) is 3.74. The number of hydrogen-bond acceptors (Lipinski definition) is 1. The summed E-state index contributed by atoms with van der Waals surface area (Å²) >= 11 is 0. The molecule has 138 valence electrons. The molecule has 0 atom stereocenters. The van der Waals surface area contributed by atoms with Gasteiger partial charge in [0.05, 0.1) is 13.1 Å². The molecule has 0 fully saturated rings. The number of hydrogen-bond donors (Lipinski definition) is 0. The molecule has 3 aromatic carbocycles. The van der Waals surface area contributed by atoms with Crippen LogP contribution in [-0.4, -0.2) is 30.3 Å². The maximum absolute atomic E-state index is 12.3. The average molecular weight is 377 g/mol. The number of carbonyl (C=O) groups excluding carboxylic acids is 1. The first-order chi connectivity index (χ1) is 13.2. The minimum absolute atomic E-state index is 0.465. The molecule has 1 amide bonds. The standard InChI is InChI=1S/C24H28NOP/c1-3-25(4-2,20-26)21-27(22-14-8-5-9-15-22,23-16-10-6-11-17-23)24-18-12-7-13-19-24/h5-20H,3-4,21H2,1-2H3/q+2. The van der Waals surface area contributed by atoms with Crippen LogP contribution in [0.2, 0.25) is 0 Å². The van der Waals surface area contributed by atoms with Gasteiger partial charge in [0.25, 0.3) is 0 Å². The SMILES string of the molecule is CC[N+](C=O)(CC)C[P+](c1ccccc1)(c1ccccc1)c1ccccc1. The Morgan fingerprint density at radius 3 is 1.26 bits per heavy atom. The molecule has 0 aliphatic rings. The molecule has 0 unspecified atom stereocenters. The summed E-state index contributed by atoms with van der Waals surface area (Å²) in [6.45, 7) is 5.84. The Balaban J connectivity index is 2.34. The predicted molar refractivity (Wildman–Crippen MR) is 117 cm³/mol. The second-order valence-electron chi connectivity index (χ2n) is 6.91. The van der Waals surface area contributed by atoms with Crippen LogP contribution in [-0.2, 0) is 4.79 Å². The molecule has 0 spiro atoms. The minimum Gasteiger partial charge on any atom is -0.234 e. The van der Waals surface area contributed by atoms with Gasteiger partial charge in [-0.05, 0) is 50.2 Å². The summed E-state index contributed by atoms with van der Waals surface area (Å²) in [7, 11) is -1.98. The Labute approximate surface area is 163 Å². The van der Waals surface area contributed by atoms with Gasteiger partial charge in [0.2, 0.25) is 6.29 Å². The fourth-order valence-corrected chi connectivity index (χ4v) is 8.51. The highest BCUT2D eigenvalue weighted by Crippen LogP contribution is 2.56. The van der Waals surface area contributed by atoms with Crippen LogP contribution in [0.1, 0.15) is 13.8 Å². The molecule has 0 heterocycles. The number of amides is 1. The fraction of sp³-hybridized carbons (Fsp3) is 0.208. The van der Waals surface area contributed by atoms with E-state index in [9.17, 15) is 4.79 Å². The van der Waals surface area contributed by atoms with Crippen molar-refractivity contribution in [3.8, 4) is 0 Å². The molecular formula is C24H28NOP+2. The van der Waals surface area contributed by atoms with E-state index in [1.807, 2.05) is 0 Å². The van der Waals surface area contributed by atoms with Gasteiger partial charge in [0.15, 0.2) is 7.26 Å². The van der Waals surface area contributed by atoms with Gasteiger partial charge in [-0.3, -0.25) is 0 Å². The van der Waals surface area contributed by atoms with Crippen LogP contribution in [0.3, 0.4) is 0 Å². The summed E-state index contributed by atoms with van der Waals surface area (Å²) in [5.74, 6) is 0. The molecule has 0 bridgehead atoms. The second kappa shape index (κ2) is 8.61. The van der Waals surface area contributed by atoms with Crippen molar-refractivity contribution in [3.05, 3.63) is 91.0 Å². The van der Waals surface area contributed by atoms with Crippen LogP contribution >= 0.6 is 7.26 Å². The first-order valence-corrected chi connectivity index (χ1v) is 11.5. The number of quaternary nitrogens is 1. The lowest BCUT2D eigenvalue weighted by Gasteiger charge is -2.36. The van der Waals surface area contributed by atoms with Crippen molar-refractivity contribution >= 4 is 29.6 Å². The first kappa shape index (κ1) is 19.5. The normalized spacial score (nSPS) is 11.9. The van der Waals surface area contributed by atoms with Gasteiger partial charge in [0, 0.05) is 0 Å². The van der Waals surface area contributed by atoms with E-state index in [-0.39, 0.29) is 0 Å². The van der Waals surface area contributed by atoms with Crippen molar-refractivity contribution in [1.29, 1.82) is 0 Å². The Hall–Kier alpha value is -2.28. The van der Waals surface area contributed by atoms with E-state index in [0.29, 0.717) is 4.48 Å². The van der Waals surface area contributed by atoms with E-state index in [0.717, 1.165) is 25.8 Å². The van der Waals surface area contributed by atoms with E-state index >= 15 is 0 Å². The number of carbonyl (C=O) groups is 1. The maximum Gasteiger partial charge on any atom is 0.304 e. The average Bonchev–Trinajstić information content (AvgIpc) is 2.77. The number of rotatable bonds is 8. The highest BCUT2D eigenvalue weighted by atomic mass is 31.2. The van der Waals surface area contributed by atoms with E-state index < -0.39 is 7.26 Å². The highest BCUT2D eigenvalue weighted by molar-refractivity contribution is 7.95. The molecule has 0 aliphatic heterocycles. The van der Waals surface area contributed by atoms with E-state index in [1.54, 1.807) is 0 Å². The Morgan fingerprint density at radius 2 is 1.00 bits per heavy atom. The van der Waals surface area contributed by atoms with Crippen LogP contribution in [0.5, 0.6) is 0 Å². The summed E-state index contributed by atoms with van der Waals surface area (Å²) in [5.41, 5.74) is 0. The Bertz CT molecular complexity index is 749. The molecule has 0 aromatic heterocycles. The maximum atomic E-state index is 12.3. The molecule has 0 N–H and O–H groups in total. The molecule has 0 radical (unpaired) electrons. The third-order valence-electron chi connectivity index (χ3n) is 5.57. The largest absolute Gasteiger partial charge is 0.304 e. The van der Waals surface area contributed by atoms with Gasteiger partial charge < -0.3 is 0 Å². The second-order valence-corrected chi connectivity index (χ2v) is 10.4. The lowest BCUT2D eigenvalue weighted by Crippen LogP contribution is -2.52. The van der Waals surface area contributed by atoms with Gasteiger partial charge in [-0.15, -0.1) is 0 Å². The molecule has 0 saturated carbocycles. The van der Waals surface area contributed by atoms with Crippen molar-refractivity contribution in [1.82, 2.24) is 0 Å². The van der Waals surface area contributed by atoms with E-state index in [2.05, 4.69) is 105 Å². The van der Waals surface area contributed by atoms with Crippen LogP contribution in [0.25, 0.3) is 0 Å². The lowest BCUT2D eigenvalue weighted by atomic mass is 10.4. The van der Waals surface area contributed by atoms with E-state index in [1.165, 1.54) is 15.9 Å². The minimum atomic E-state index is -1.98. The zero-order valence-electron chi connectivity index (χ0n) is 16.2. The number of nitrogens with zero attached hydrogens (tertiary/aromatic N) is 1. The quantitative estimate of drug-likeness (QED) is 0.330. The van der Waals surface area contributed by atoms with Gasteiger partial charge >= 0.3 is 6.41 Å². The molecule has 3 rings (SSSR count). The number of benzene rings is 3. The molecule has 27 heavy (non-hydrogen) atoms. The van der Waals surface area contributed by atoms with E-state index in [4.69, 9.17) is 0 Å². The molecule has 3 heteroatoms. The Morgan fingerprint density at radius 1 is 0.667 bits per heavy atom. The van der Waals surface area contributed by atoms with Crippen LogP contribution < -0.4 is 15.9 Å². The van der Waals surface area contributed by atoms with Crippen molar-refractivity contribution in [2.24, 2.45) is 0 Å². The summed E-state index contributed by atoms with van der Waals surface area (Å²) in [4.78, 5) is 12.3. The predicted octanol–water partition coefficient (Wildman–Crippen LogP) is 3.95. The molecule has 3 aromatic rings. The fourth-order valence-electron chi connectivity index (χ4n) is 3.77. The van der Waals surface area contributed by atoms with Gasteiger partial charge in [-0.25, -0.2) is 9.28 Å². The molecule has 0 aliphatic carbocycles. The Kier molecular flexibility index (Phi) is 6.21. The van der Waals surface area contributed by atoms with Crippen molar-refractivity contribution in [3.63, 3.8) is 0 Å². The highest BCUT2D eigenvalue weighted by Gasteiger charge is 2.52. The first-order valence-electron chi connectivity index (χ1n) is 9.58. The van der Waals surface area contributed by atoms with Crippen molar-refractivity contribution < 1.29 is 9.28 Å². The topological polar surface area (TPSA) is 17.1 Å². The van der Waals surface area contributed by atoms with Crippen LogP contribution in [0.4, 0.5) is 0 Å². The molecule has 0 saturated heterocycles. The van der Waals surface area contributed by atoms with Crippen LogP contribution in [0.15, 0.2) is 91.0 Å². The summed E-state index contributed by atoms with van der Waals surface area (Å²) < 4.78 is 0.465. The van der Waals surface area contributed by atoms with Crippen molar-refractivity contribution in [2.75, 3.05) is 19.4 Å².